The zero-order chi connectivity index (χ0) is 27.2. The summed E-state index contributed by atoms with van der Waals surface area (Å²) < 4.78 is 38.5. The summed E-state index contributed by atoms with van der Waals surface area (Å²) in [7, 11) is 3.47. The average Bonchev–Trinajstić information content (AvgIpc) is 3.12. The molecule has 0 spiro atoms. The van der Waals surface area contributed by atoms with Crippen molar-refractivity contribution in [1.82, 2.24) is 19.0 Å². The smallest absolute Gasteiger partial charge is 0.248 e. The molecule has 2 saturated heterocycles. The Kier molecular flexibility index (Phi) is 10.8. The summed E-state index contributed by atoms with van der Waals surface area (Å²) in [4.78, 5) is 20.0. The maximum absolute atomic E-state index is 13.2. The summed E-state index contributed by atoms with van der Waals surface area (Å²) in [6.45, 7) is 8.27. The Labute approximate surface area is 223 Å². The molecule has 2 aliphatic rings. The van der Waals surface area contributed by atoms with E-state index in [4.69, 9.17) is 9.47 Å². The van der Waals surface area contributed by atoms with Crippen molar-refractivity contribution in [3.63, 3.8) is 0 Å². The van der Waals surface area contributed by atoms with Gasteiger partial charge in [-0.15, -0.1) is 0 Å². The van der Waals surface area contributed by atoms with Crippen LogP contribution >= 0.6 is 0 Å². The molecule has 210 valence electrons. The molecule has 1 aromatic carbocycles. The lowest BCUT2D eigenvalue weighted by molar-refractivity contribution is -0.137. The van der Waals surface area contributed by atoms with Crippen LogP contribution in [0.2, 0.25) is 0 Å². The van der Waals surface area contributed by atoms with Crippen molar-refractivity contribution in [3.05, 3.63) is 23.3 Å². The zero-order valence-corrected chi connectivity index (χ0v) is 24.3. The molecule has 10 heteroatoms. The Balaban J connectivity index is 1.44. The van der Waals surface area contributed by atoms with Crippen LogP contribution in [0.25, 0.3) is 0 Å². The number of carbonyl (C=O) groups excluding carboxylic acids is 1. The second-order valence-corrected chi connectivity index (χ2v) is 12.6. The van der Waals surface area contributed by atoms with Gasteiger partial charge >= 0.3 is 0 Å². The van der Waals surface area contributed by atoms with Crippen LogP contribution in [0.3, 0.4) is 0 Å². The first kappa shape index (κ1) is 29.8. The van der Waals surface area contributed by atoms with Gasteiger partial charge in [0, 0.05) is 39.3 Å². The van der Waals surface area contributed by atoms with Crippen molar-refractivity contribution in [1.29, 1.82) is 0 Å². The fourth-order valence-electron chi connectivity index (χ4n) is 5.58. The first-order valence-electron chi connectivity index (χ1n) is 13.4. The number of hydrogen-bond donors (Lipinski definition) is 0. The third kappa shape index (κ3) is 7.66. The van der Waals surface area contributed by atoms with Gasteiger partial charge in [0.1, 0.15) is 12.4 Å². The Hall–Kier alpha value is -1.72. The van der Waals surface area contributed by atoms with Crippen LogP contribution in [0.15, 0.2) is 17.0 Å². The predicted octanol–water partition coefficient (Wildman–Crippen LogP) is 2.36. The number of hydrogen-bond acceptors (Lipinski definition) is 7. The lowest BCUT2D eigenvalue weighted by atomic mass is 10.0. The number of aryl methyl sites for hydroxylation is 2. The third-order valence-electron chi connectivity index (χ3n) is 7.99. The van der Waals surface area contributed by atoms with Crippen LogP contribution in [0.5, 0.6) is 5.75 Å². The summed E-state index contributed by atoms with van der Waals surface area (Å²) in [6, 6.07) is 4.33. The van der Waals surface area contributed by atoms with E-state index in [2.05, 4.69) is 16.8 Å². The molecule has 0 N–H and O–H groups in total. The minimum Gasteiger partial charge on any atom is -0.497 e. The summed E-state index contributed by atoms with van der Waals surface area (Å²) in [5.74, 6) is 0.580. The third-order valence-corrected chi connectivity index (χ3v) is 10.2. The highest BCUT2D eigenvalue weighted by molar-refractivity contribution is 7.89. The van der Waals surface area contributed by atoms with Crippen molar-refractivity contribution in [2.75, 3.05) is 74.2 Å². The quantitative estimate of drug-likeness (QED) is 0.423. The highest BCUT2D eigenvalue weighted by atomic mass is 32.2. The number of amides is 1. The normalized spacial score (nSPS) is 20.7. The maximum Gasteiger partial charge on any atom is 0.248 e. The Morgan fingerprint density at radius 1 is 1.03 bits per heavy atom. The van der Waals surface area contributed by atoms with E-state index in [9.17, 15) is 13.2 Å². The highest BCUT2D eigenvalue weighted by Gasteiger charge is 2.29. The van der Waals surface area contributed by atoms with Crippen molar-refractivity contribution in [2.24, 2.45) is 0 Å². The molecule has 1 aromatic rings. The number of likely N-dealkylation sites (tertiary alicyclic amines) is 2. The number of methoxy groups -OCH3 is 1. The monoisotopic (exact) mass is 538 g/mol. The molecule has 37 heavy (non-hydrogen) atoms. The second kappa shape index (κ2) is 13.4. The van der Waals surface area contributed by atoms with Gasteiger partial charge < -0.3 is 24.2 Å². The average molecular weight is 539 g/mol. The second-order valence-electron chi connectivity index (χ2n) is 10.6. The van der Waals surface area contributed by atoms with E-state index >= 15 is 0 Å². The van der Waals surface area contributed by atoms with Gasteiger partial charge in [0.2, 0.25) is 15.9 Å². The molecule has 0 saturated carbocycles. The number of sulfonamides is 1. The minimum absolute atomic E-state index is 0.0415. The molecular weight excluding hydrogens is 492 g/mol. The lowest BCUT2D eigenvalue weighted by Gasteiger charge is -2.37. The van der Waals surface area contributed by atoms with Crippen LogP contribution in [0.4, 0.5) is 0 Å². The molecule has 0 radical (unpaired) electrons. The number of ether oxygens (including phenoxy) is 2. The highest BCUT2D eigenvalue weighted by Crippen LogP contribution is 2.28. The molecule has 1 atom stereocenters. The first-order valence-corrected chi connectivity index (χ1v) is 14.9. The van der Waals surface area contributed by atoms with Gasteiger partial charge in [-0.3, -0.25) is 4.79 Å². The van der Waals surface area contributed by atoms with Gasteiger partial charge in [0.05, 0.1) is 18.6 Å². The van der Waals surface area contributed by atoms with Crippen molar-refractivity contribution in [3.8, 4) is 5.75 Å². The number of carbonyl (C=O) groups is 1. The van der Waals surface area contributed by atoms with Crippen LogP contribution in [-0.2, 0) is 19.6 Å². The van der Waals surface area contributed by atoms with Gasteiger partial charge in [-0.25, -0.2) is 8.42 Å². The SMILES string of the molecule is COc1cc(C)c(S(=O)(=O)N(C)CCOCC(=O)N(C)C2CCCN(C3CCN(C)CC3)CC2)c(C)c1. The number of likely N-dealkylation sites (N-methyl/N-ethyl adjacent to an activating group) is 2. The Morgan fingerprint density at radius 3 is 2.30 bits per heavy atom. The largest absolute Gasteiger partial charge is 0.497 e. The summed E-state index contributed by atoms with van der Waals surface area (Å²) in [6.07, 6.45) is 5.54. The molecule has 3 rings (SSSR count). The molecule has 2 aliphatic heterocycles. The van der Waals surface area contributed by atoms with E-state index in [0.717, 1.165) is 45.4 Å². The number of piperidine rings is 1. The number of benzene rings is 1. The molecule has 2 fully saturated rings. The van der Waals surface area contributed by atoms with E-state index in [1.165, 1.54) is 24.2 Å². The van der Waals surface area contributed by atoms with Gasteiger partial charge in [0.25, 0.3) is 0 Å². The van der Waals surface area contributed by atoms with E-state index in [-0.39, 0.29) is 36.6 Å². The molecule has 0 aliphatic carbocycles. The first-order chi connectivity index (χ1) is 17.5. The van der Waals surface area contributed by atoms with Crippen molar-refractivity contribution >= 4 is 15.9 Å². The predicted molar refractivity (Wildman–Crippen MR) is 146 cm³/mol. The van der Waals surface area contributed by atoms with E-state index in [1.807, 2.05) is 11.9 Å². The Morgan fingerprint density at radius 2 is 1.68 bits per heavy atom. The van der Waals surface area contributed by atoms with Crippen LogP contribution in [0, 0.1) is 13.8 Å². The molecule has 9 nitrogen and oxygen atoms in total. The fourth-order valence-corrected chi connectivity index (χ4v) is 7.14. The van der Waals surface area contributed by atoms with Gasteiger partial charge in [0.15, 0.2) is 0 Å². The van der Waals surface area contributed by atoms with Crippen LogP contribution < -0.4 is 4.74 Å². The fraction of sp³-hybridized carbons (Fsp3) is 0.741. The van der Waals surface area contributed by atoms with Gasteiger partial charge in [-0.2, -0.15) is 4.31 Å². The molecule has 0 bridgehead atoms. The van der Waals surface area contributed by atoms with Crippen LogP contribution in [-0.4, -0.2) is 120 Å². The summed E-state index contributed by atoms with van der Waals surface area (Å²) in [5.41, 5.74) is 1.28. The zero-order valence-electron chi connectivity index (χ0n) is 23.5. The molecule has 2 heterocycles. The Bertz CT molecular complexity index is 987. The van der Waals surface area contributed by atoms with E-state index in [1.54, 1.807) is 33.1 Å². The van der Waals surface area contributed by atoms with E-state index < -0.39 is 10.0 Å². The summed E-state index contributed by atoms with van der Waals surface area (Å²) in [5, 5.41) is 0. The topological polar surface area (TPSA) is 82.6 Å². The minimum atomic E-state index is -3.69. The maximum atomic E-state index is 13.2. The molecule has 1 amide bonds. The van der Waals surface area contributed by atoms with Gasteiger partial charge in [-0.1, -0.05) is 0 Å². The van der Waals surface area contributed by atoms with E-state index in [0.29, 0.717) is 22.9 Å². The molecule has 0 aromatic heterocycles. The lowest BCUT2D eigenvalue weighted by Crippen LogP contribution is -2.44. The number of nitrogens with zero attached hydrogens (tertiary/aromatic N) is 4. The molecular formula is C27H46N4O5S. The van der Waals surface area contributed by atoms with Crippen LogP contribution in [0.1, 0.15) is 43.2 Å². The standard InChI is InChI=1S/C27H46N4O5S/c1-21-18-25(35-6)19-22(2)27(21)37(33,34)29(4)16-17-36-20-26(32)30(5)23-8-7-12-31(15-11-23)24-9-13-28(3)14-10-24/h18-19,23-24H,7-17,20H2,1-6H3. The summed E-state index contributed by atoms with van der Waals surface area (Å²) >= 11 is 0. The van der Waals surface area contributed by atoms with Crippen molar-refractivity contribution < 1.29 is 22.7 Å². The molecule has 1 unspecified atom stereocenters. The number of rotatable bonds is 10. The van der Waals surface area contributed by atoms with Gasteiger partial charge in [-0.05, 0) is 95.9 Å². The van der Waals surface area contributed by atoms with Crippen molar-refractivity contribution in [2.45, 2.75) is 62.9 Å².